The van der Waals surface area contributed by atoms with Gasteiger partial charge in [-0.1, -0.05) is 11.6 Å². The molecule has 2 amide bonds. The van der Waals surface area contributed by atoms with Crippen LogP contribution in [0.2, 0.25) is 5.02 Å². The molecule has 0 saturated carbocycles. The van der Waals surface area contributed by atoms with Crippen LogP contribution in [0.25, 0.3) is 0 Å². The molecule has 0 aliphatic carbocycles. The minimum atomic E-state index is -0.738. The number of imide groups is 1. The highest BCUT2D eigenvalue weighted by Gasteiger charge is 2.40. The van der Waals surface area contributed by atoms with Gasteiger partial charge in [-0.15, -0.1) is 0 Å². The number of hydrogen-bond donors (Lipinski definition) is 1. The largest absolute Gasteiger partial charge is 0.294 e. The Hall–Kier alpha value is -1.46. The lowest BCUT2D eigenvalue weighted by atomic mass is 9.98. The predicted octanol–water partition coefficient (Wildman–Crippen LogP) is 0.972. The van der Waals surface area contributed by atoms with E-state index in [-0.39, 0.29) is 18.4 Å². The van der Waals surface area contributed by atoms with Gasteiger partial charge in [0.2, 0.25) is 11.8 Å². The summed E-state index contributed by atoms with van der Waals surface area (Å²) in [6.07, 6.45) is 1.61. The van der Waals surface area contributed by atoms with Crippen LogP contribution >= 0.6 is 11.6 Å². The molecule has 1 aromatic rings. The van der Waals surface area contributed by atoms with Crippen LogP contribution in [0.3, 0.4) is 0 Å². The van der Waals surface area contributed by atoms with E-state index in [1.165, 1.54) is 0 Å². The van der Waals surface area contributed by atoms with Crippen molar-refractivity contribution in [3.05, 3.63) is 29.0 Å². The molecule has 5 nitrogen and oxygen atoms in total. The molecule has 1 aliphatic heterocycles. The second-order valence-corrected chi connectivity index (χ2v) is 5.19. The van der Waals surface area contributed by atoms with Crippen LogP contribution in [0.15, 0.2) is 18.3 Å². The summed E-state index contributed by atoms with van der Waals surface area (Å²) in [5.74, 6) is -0.581. The summed E-state index contributed by atoms with van der Waals surface area (Å²) in [6, 6.07) is 3.42. The van der Waals surface area contributed by atoms with Crippen molar-refractivity contribution in [2.75, 3.05) is 6.54 Å². The molecule has 1 N–H and O–H groups in total. The van der Waals surface area contributed by atoms with Gasteiger partial charge in [-0.25, -0.2) is 0 Å². The molecule has 0 spiro atoms. The third-order valence-electron chi connectivity index (χ3n) is 3.07. The summed E-state index contributed by atoms with van der Waals surface area (Å²) in [6.45, 7) is 4.14. The fourth-order valence-corrected chi connectivity index (χ4v) is 2.00. The van der Waals surface area contributed by atoms with Gasteiger partial charge in [0.1, 0.15) is 0 Å². The first-order chi connectivity index (χ1) is 8.39. The van der Waals surface area contributed by atoms with Gasteiger partial charge in [0, 0.05) is 17.8 Å². The minimum Gasteiger partial charge on any atom is -0.294 e. The normalized spacial score (nSPS) is 19.7. The van der Waals surface area contributed by atoms with Crippen LogP contribution in [0.1, 0.15) is 19.5 Å². The Morgan fingerprint density at radius 1 is 1.50 bits per heavy atom. The standard InChI is InChI=1S/C12H14ClN3O2/c1-12(2)11(18)15-10(17)7-16(12)6-9-5-8(13)3-4-14-9/h3-5H,6-7H2,1-2H3,(H,15,17,18). The number of nitrogens with zero attached hydrogens (tertiary/aromatic N) is 2. The zero-order valence-corrected chi connectivity index (χ0v) is 11.0. The number of aromatic nitrogens is 1. The second-order valence-electron chi connectivity index (χ2n) is 4.76. The van der Waals surface area contributed by atoms with Gasteiger partial charge in [0.05, 0.1) is 17.8 Å². The van der Waals surface area contributed by atoms with E-state index >= 15 is 0 Å². The van der Waals surface area contributed by atoms with E-state index in [1.54, 1.807) is 37.1 Å². The van der Waals surface area contributed by atoms with Crippen LogP contribution in [0.5, 0.6) is 0 Å². The quantitative estimate of drug-likeness (QED) is 0.811. The summed E-state index contributed by atoms with van der Waals surface area (Å²) in [4.78, 5) is 29.1. The molecule has 0 atom stereocenters. The lowest BCUT2D eigenvalue weighted by Crippen LogP contribution is -2.63. The molecule has 2 rings (SSSR count). The summed E-state index contributed by atoms with van der Waals surface area (Å²) < 4.78 is 0. The molecular weight excluding hydrogens is 254 g/mol. The molecule has 1 aromatic heterocycles. The van der Waals surface area contributed by atoms with Gasteiger partial charge < -0.3 is 0 Å². The molecule has 1 saturated heterocycles. The van der Waals surface area contributed by atoms with Gasteiger partial charge in [-0.2, -0.15) is 0 Å². The topological polar surface area (TPSA) is 62.3 Å². The van der Waals surface area contributed by atoms with Gasteiger partial charge >= 0.3 is 0 Å². The van der Waals surface area contributed by atoms with Gasteiger partial charge in [-0.05, 0) is 26.0 Å². The molecule has 0 aromatic carbocycles. The Labute approximate surface area is 110 Å². The van der Waals surface area contributed by atoms with Crippen molar-refractivity contribution >= 4 is 23.4 Å². The molecule has 0 unspecified atom stereocenters. The zero-order valence-electron chi connectivity index (χ0n) is 10.2. The smallest absolute Gasteiger partial charge is 0.246 e. The number of carbonyl (C=O) groups is 2. The third-order valence-corrected chi connectivity index (χ3v) is 3.30. The van der Waals surface area contributed by atoms with E-state index in [4.69, 9.17) is 11.6 Å². The molecule has 96 valence electrons. The molecular formula is C12H14ClN3O2. The highest BCUT2D eigenvalue weighted by Crippen LogP contribution is 2.21. The summed E-state index contributed by atoms with van der Waals surface area (Å²) in [5, 5.41) is 2.92. The molecule has 2 heterocycles. The fourth-order valence-electron chi connectivity index (χ4n) is 1.82. The van der Waals surface area contributed by atoms with Crippen LogP contribution in [0, 0.1) is 0 Å². The van der Waals surface area contributed by atoms with Crippen molar-refractivity contribution in [2.24, 2.45) is 0 Å². The van der Waals surface area contributed by atoms with Gasteiger partial charge in [0.15, 0.2) is 0 Å². The maximum Gasteiger partial charge on any atom is 0.246 e. The van der Waals surface area contributed by atoms with Crippen LogP contribution in [0.4, 0.5) is 0 Å². The average molecular weight is 268 g/mol. The minimum absolute atomic E-state index is 0.174. The fraction of sp³-hybridized carbons (Fsp3) is 0.417. The van der Waals surface area contributed by atoms with Gasteiger partial charge in [0.25, 0.3) is 0 Å². The zero-order chi connectivity index (χ0) is 13.3. The maximum absolute atomic E-state index is 11.8. The maximum atomic E-state index is 11.8. The first kappa shape index (κ1) is 13.0. The van der Waals surface area contributed by atoms with E-state index in [0.717, 1.165) is 5.69 Å². The molecule has 1 fully saturated rings. The lowest BCUT2D eigenvalue weighted by molar-refractivity contribution is -0.145. The Bertz CT molecular complexity index is 502. The number of nitrogens with one attached hydrogen (secondary N) is 1. The van der Waals surface area contributed by atoms with Crippen molar-refractivity contribution in [3.8, 4) is 0 Å². The van der Waals surface area contributed by atoms with E-state index in [9.17, 15) is 9.59 Å². The number of piperazine rings is 1. The van der Waals surface area contributed by atoms with Crippen LogP contribution in [-0.2, 0) is 16.1 Å². The molecule has 0 bridgehead atoms. The Morgan fingerprint density at radius 2 is 2.22 bits per heavy atom. The lowest BCUT2D eigenvalue weighted by Gasteiger charge is -2.39. The van der Waals surface area contributed by atoms with Crippen molar-refractivity contribution in [1.82, 2.24) is 15.2 Å². The second kappa shape index (κ2) is 4.66. The highest BCUT2D eigenvalue weighted by molar-refractivity contribution is 6.30. The first-order valence-electron chi connectivity index (χ1n) is 5.59. The van der Waals surface area contributed by atoms with Crippen molar-refractivity contribution < 1.29 is 9.59 Å². The van der Waals surface area contributed by atoms with E-state index in [0.29, 0.717) is 11.6 Å². The van der Waals surface area contributed by atoms with Crippen molar-refractivity contribution in [3.63, 3.8) is 0 Å². The Morgan fingerprint density at radius 3 is 2.89 bits per heavy atom. The number of hydrogen-bond acceptors (Lipinski definition) is 4. The Kier molecular flexibility index (Phi) is 3.36. The Balaban J connectivity index is 2.21. The average Bonchev–Trinajstić information content (AvgIpc) is 2.26. The van der Waals surface area contributed by atoms with Crippen molar-refractivity contribution in [2.45, 2.75) is 25.9 Å². The SMILES string of the molecule is CC1(C)C(=O)NC(=O)CN1Cc1cc(Cl)ccn1. The van der Waals surface area contributed by atoms with E-state index in [1.807, 2.05) is 0 Å². The number of rotatable bonds is 2. The summed E-state index contributed by atoms with van der Waals surface area (Å²) in [7, 11) is 0. The van der Waals surface area contributed by atoms with Crippen molar-refractivity contribution in [1.29, 1.82) is 0 Å². The molecule has 1 aliphatic rings. The van der Waals surface area contributed by atoms with E-state index < -0.39 is 5.54 Å². The monoisotopic (exact) mass is 267 g/mol. The highest BCUT2D eigenvalue weighted by atomic mass is 35.5. The summed E-state index contributed by atoms with van der Waals surface area (Å²) in [5.41, 5.74) is -0.00386. The predicted molar refractivity (Wildman–Crippen MR) is 66.9 cm³/mol. The number of carbonyl (C=O) groups excluding carboxylic acids is 2. The molecule has 0 radical (unpaired) electrons. The van der Waals surface area contributed by atoms with E-state index in [2.05, 4.69) is 10.3 Å². The number of pyridine rings is 1. The summed E-state index contributed by atoms with van der Waals surface area (Å²) >= 11 is 5.89. The third kappa shape index (κ3) is 2.52. The molecule has 6 heteroatoms. The first-order valence-corrected chi connectivity index (χ1v) is 5.97. The van der Waals surface area contributed by atoms with Gasteiger partial charge in [-0.3, -0.25) is 24.8 Å². The van der Waals surface area contributed by atoms with Crippen LogP contribution in [-0.4, -0.2) is 33.8 Å². The number of halogens is 1. The molecule has 18 heavy (non-hydrogen) atoms. The number of amides is 2. The van der Waals surface area contributed by atoms with Crippen LogP contribution < -0.4 is 5.32 Å².